The molecule has 0 bridgehead atoms. The fraction of sp³-hybridized carbons (Fsp3) is 0.667. The average molecular weight is 330 g/mol. The Morgan fingerprint density at radius 3 is 2.91 bits per heavy atom. The Kier molecular flexibility index (Phi) is 3.90. The van der Waals surface area contributed by atoms with Gasteiger partial charge in [0.05, 0.1) is 12.6 Å². The number of thiophene rings is 1. The molecule has 2 atom stereocenters. The first-order valence-electron chi connectivity index (χ1n) is 8.84. The molecule has 2 N–H and O–H groups in total. The van der Waals surface area contributed by atoms with Crippen LogP contribution in [0.25, 0.3) is 0 Å². The molecule has 0 aromatic carbocycles. The highest BCUT2D eigenvalue weighted by atomic mass is 32.1. The van der Waals surface area contributed by atoms with Crippen molar-refractivity contribution in [2.75, 3.05) is 13.1 Å². The molecular weight excluding hydrogens is 306 g/mol. The van der Waals surface area contributed by atoms with Gasteiger partial charge < -0.3 is 10.2 Å². The zero-order valence-corrected chi connectivity index (χ0v) is 14.3. The average Bonchev–Trinajstić information content (AvgIpc) is 3.08. The molecular formula is C18H24N3OS+. The van der Waals surface area contributed by atoms with Crippen LogP contribution in [0.1, 0.15) is 55.0 Å². The summed E-state index contributed by atoms with van der Waals surface area (Å²) in [5.74, 6) is 0.815. The van der Waals surface area contributed by atoms with Crippen molar-refractivity contribution in [2.24, 2.45) is 5.92 Å². The lowest BCUT2D eigenvalue weighted by atomic mass is 9.95. The number of hydrogen-bond acceptors (Lipinski definition) is 3. The van der Waals surface area contributed by atoms with E-state index in [0.29, 0.717) is 12.6 Å². The Labute approximate surface area is 141 Å². The lowest BCUT2D eigenvalue weighted by Crippen LogP contribution is -3.14. The zero-order chi connectivity index (χ0) is 15.9. The molecule has 0 spiro atoms. The van der Waals surface area contributed by atoms with Gasteiger partial charge in [-0.15, -0.1) is 11.3 Å². The van der Waals surface area contributed by atoms with Gasteiger partial charge in [0.2, 0.25) is 0 Å². The Morgan fingerprint density at radius 1 is 1.43 bits per heavy atom. The van der Waals surface area contributed by atoms with E-state index in [1.165, 1.54) is 28.2 Å². The van der Waals surface area contributed by atoms with Crippen molar-refractivity contribution in [1.82, 2.24) is 5.32 Å². The molecule has 122 valence electrons. The predicted molar refractivity (Wildman–Crippen MR) is 89.1 cm³/mol. The van der Waals surface area contributed by atoms with Crippen molar-refractivity contribution in [2.45, 2.75) is 56.5 Å². The third kappa shape index (κ3) is 2.90. The number of rotatable bonds is 4. The number of carbonyl (C=O) groups excluding carboxylic acids is 1. The maximum absolute atomic E-state index is 12.6. The second-order valence-corrected chi connectivity index (χ2v) is 8.40. The lowest BCUT2D eigenvalue weighted by Gasteiger charge is -2.33. The Morgan fingerprint density at radius 2 is 2.22 bits per heavy atom. The number of nitriles is 1. The fourth-order valence-electron chi connectivity index (χ4n) is 4.46. The number of carbonyl (C=O) groups is 1. The highest BCUT2D eigenvalue weighted by Crippen LogP contribution is 2.42. The van der Waals surface area contributed by atoms with Crippen molar-refractivity contribution in [1.29, 1.82) is 5.26 Å². The number of nitrogens with zero attached hydrogens (tertiary/aromatic N) is 1. The van der Waals surface area contributed by atoms with Crippen LogP contribution in [0, 0.1) is 17.2 Å². The minimum absolute atomic E-state index is 0.0628. The number of hydrogen-bond donors (Lipinski definition) is 2. The molecule has 2 heterocycles. The molecule has 0 radical (unpaired) electrons. The minimum Gasteiger partial charge on any atom is -0.333 e. The van der Waals surface area contributed by atoms with Gasteiger partial charge in [0, 0.05) is 22.8 Å². The maximum Gasteiger partial charge on any atom is 0.276 e. The standard InChI is InChI=1S/C18H23N3OS/c19-12-18(7-1-2-8-18)20-16(22)11-21-9-5-15-14(6-10-23-15)17(21)13-3-4-13/h6,10,13,17H,1-5,7-9,11H2,(H,20,22)/p+1/t17-/m1/s1. The maximum atomic E-state index is 12.6. The van der Waals surface area contributed by atoms with E-state index in [4.69, 9.17) is 0 Å². The molecule has 1 unspecified atom stereocenters. The Hall–Kier alpha value is -1.38. The molecule has 3 aliphatic rings. The first kappa shape index (κ1) is 15.2. The predicted octanol–water partition coefficient (Wildman–Crippen LogP) is 1.59. The highest BCUT2D eigenvalue weighted by Gasteiger charge is 2.44. The topological polar surface area (TPSA) is 57.3 Å². The van der Waals surface area contributed by atoms with Gasteiger partial charge in [0.15, 0.2) is 6.54 Å². The van der Waals surface area contributed by atoms with E-state index in [1.807, 2.05) is 11.3 Å². The molecule has 1 aliphatic heterocycles. The van der Waals surface area contributed by atoms with Crippen LogP contribution in [0.2, 0.25) is 0 Å². The van der Waals surface area contributed by atoms with Crippen LogP contribution in [-0.2, 0) is 11.2 Å². The van der Waals surface area contributed by atoms with E-state index in [1.54, 1.807) is 0 Å². The van der Waals surface area contributed by atoms with Gasteiger partial charge in [-0.25, -0.2) is 0 Å². The van der Waals surface area contributed by atoms with Crippen LogP contribution in [0.3, 0.4) is 0 Å². The van der Waals surface area contributed by atoms with E-state index in [0.717, 1.165) is 44.6 Å². The molecule has 23 heavy (non-hydrogen) atoms. The first-order chi connectivity index (χ1) is 11.2. The molecule has 2 saturated carbocycles. The van der Waals surface area contributed by atoms with Crippen LogP contribution in [0.5, 0.6) is 0 Å². The van der Waals surface area contributed by atoms with Crippen LogP contribution in [0.4, 0.5) is 0 Å². The monoisotopic (exact) mass is 330 g/mol. The van der Waals surface area contributed by atoms with Crippen molar-refractivity contribution < 1.29 is 9.69 Å². The lowest BCUT2D eigenvalue weighted by molar-refractivity contribution is -0.928. The Bertz CT molecular complexity index is 637. The largest absolute Gasteiger partial charge is 0.333 e. The van der Waals surface area contributed by atoms with E-state index in [9.17, 15) is 10.1 Å². The van der Waals surface area contributed by atoms with Crippen LogP contribution in [0.15, 0.2) is 11.4 Å². The van der Waals surface area contributed by atoms with E-state index in [2.05, 4.69) is 22.8 Å². The summed E-state index contributed by atoms with van der Waals surface area (Å²) >= 11 is 1.87. The number of quaternary nitrogens is 1. The molecule has 5 heteroatoms. The highest BCUT2D eigenvalue weighted by molar-refractivity contribution is 7.10. The van der Waals surface area contributed by atoms with Gasteiger partial charge in [0.25, 0.3) is 5.91 Å². The van der Waals surface area contributed by atoms with Crippen LogP contribution >= 0.6 is 11.3 Å². The van der Waals surface area contributed by atoms with Gasteiger partial charge in [-0.2, -0.15) is 5.26 Å². The zero-order valence-electron chi connectivity index (χ0n) is 13.4. The molecule has 1 amide bonds. The summed E-state index contributed by atoms with van der Waals surface area (Å²) in [6.45, 7) is 1.56. The van der Waals surface area contributed by atoms with Gasteiger partial charge in [0.1, 0.15) is 11.6 Å². The van der Waals surface area contributed by atoms with Gasteiger partial charge in [-0.05, 0) is 50.0 Å². The smallest absolute Gasteiger partial charge is 0.276 e. The van der Waals surface area contributed by atoms with Crippen molar-refractivity contribution in [3.05, 3.63) is 21.9 Å². The van der Waals surface area contributed by atoms with Crippen molar-refractivity contribution in [3.8, 4) is 6.07 Å². The van der Waals surface area contributed by atoms with Crippen LogP contribution in [-0.4, -0.2) is 24.5 Å². The summed E-state index contributed by atoms with van der Waals surface area (Å²) in [5, 5.41) is 14.7. The van der Waals surface area contributed by atoms with Crippen molar-refractivity contribution >= 4 is 17.2 Å². The summed E-state index contributed by atoms with van der Waals surface area (Å²) < 4.78 is 0. The minimum atomic E-state index is -0.588. The molecule has 4 rings (SSSR count). The molecule has 1 aromatic heterocycles. The summed E-state index contributed by atoms with van der Waals surface area (Å²) in [5.41, 5.74) is 0.900. The Balaban J connectivity index is 1.46. The van der Waals surface area contributed by atoms with Crippen molar-refractivity contribution in [3.63, 3.8) is 0 Å². The first-order valence-corrected chi connectivity index (χ1v) is 9.72. The normalized spacial score (nSPS) is 28.8. The molecule has 0 saturated heterocycles. The van der Waals surface area contributed by atoms with Gasteiger partial charge >= 0.3 is 0 Å². The summed E-state index contributed by atoms with van der Waals surface area (Å²) in [6, 6.07) is 5.13. The number of nitrogens with one attached hydrogen (secondary N) is 2. The summed E-state index contributed by atoms with van der Waals surface area (Å²) in [6.07, 6.45) is 7.40. The summed E-state index contributed by atoms with van der Waals surface area (Å²) in [4.78, 5) is 15.5. The molecule has 2 fully saturated rings. The van der Waals surface area contributed by atoms with Gasteiger partial charge in [-0.3, -0.25) is 4.79 Å². The van der Waals surface area contributed by atoms with E-state index >= 15 is 0 Å². The van der Waals surface area contributed by atoms with E-state index < -0.39 is 5.54 Å². The molecule has 2 aliphatic carbocycles. The number of amides is 1. The third-order valence-electron chi connectivity index (χ3n) is 5.76. The molecule has 1 aromatic rings. The second kappa shape index (κ2) is 5.92. The number of fused-ring (bicyclic) bond motifs is 1. The third-order valence-corrected chi connectivity index (χ3v) is 6.76. The van der Waals surface area contributed by atoms with Crippen LogP contribution < -0.4 is 10.2 Å². The SMILES string of the molecule is N#CC1(NC(=O)C[NH+]2CCc3sccc3[C@H]2C2CC2)CCCC1. The summed E-state index contributed by atoms with van der Waals surface area (Å²) in [7, 11) is 0. The van der Waals surface area contributed by atoms with Gasteiger partial charge in [-0.1, -0.05) is 0 Å². The molecule has 4 nitrogen and oxygen atoms in total. The van der Waals surface area contributed by atoms with E-state index in [-0.39, 0.29) is 5.91 Å². The quantitative estimate of drug-likeness (QED) is 0.881. The fourth-order valence-corrected chi connectivity index (χ4v) is 5.39. The second-order valence-electron chi connectivity index (χ2n) is 7.40.